The summed E-state index contributed by atoms with van der Waals surface area (Å²) in [4.78, 5) is 0. The molecule has 18 heavy (non-hydrogen) atoms. The third-order valence-electron chi connectivity index (χ3n) is 2.71. The molecule has 2 aromatic rings. The summed E-state index contributed by atoms with van der Waals surface area (Å²) in [5.74, 6) is -1.92. The van der Waals surface area contributed by atoms with Gasteiger partial charge in [-0.2, -0.15) is 0 Å². The van der Waals surface area contributed by atoms with E-state index >= 15 is 0 Å². The van der Waals surface area contributed by atoms with Crippen molar-refractivity contribution >= 4 is 12.6 Å². The van der Waals surface area contributed by atoms with Gasteiger partial charge in [0.15, 0.2) is 0 Å². The molecule has 0 saturated carbocycles. The van der Waals surface area contributed by atoms with Crippen LogP contribution in [0.4, 0.5) is 8.78 Å². The number of aryl methyl sites for hydroxylation is 1. The van der Waals surface area contributed by atoms with E-state index in [-0.39, 0.29) is 5.56 Å². The smallest absolute Gasteiger partial charge is 0.423 e. The minimum atomic E-state index is -2.17. The van der Waals surface area contributed by atoms with Crippen LogP contribution < -0.4 is 5.46 Å². The minimum Gasteiger partial charge on any atom is -0.423 e. The van der Waals surface area contributed by atoms with Crippen LogP contribution in [0, 0.1) is 18.6 Å². The van der Waals surface area contributed by atoms with E-state index in [2.05, 4.69) is 0 Å². The summed E-state index contributed by atoms with van der Waals surface area (Å²) in [5, 5.41) is 18.0. The zero-order valence-electron chi connectivity index (χ0n) is 9.69. The molecule has 0 unspecified atom stereocenters. The Kier molecular flexibility index (Phi) is 3.45. The van der Waals surface area contributed by atoms with E-state index in [9.17, 15) is 8.78 Å². The van der Waals surface area contributed by atoms with E-state index in [4.69, 9.17) is 10.0 Å². The molecule has 0 spiro atoms. The molecule has 2 nitrogen and oxygen atoms in total. The molecule has 0 amide bonds. The van der Waals surface area contributed by atoms with E-state index in [1.54, 1.807) is 18.2 Å². The fourth-order valence-electron chi connectivity index (χ4n) is 1.84. The number of rotatable bonds is 2. The molecule has 2 N–H and O–H groups in total. The van der Waals surface area contributed by atoms with Crippen molar-refractivity contribution in [1.29, 1.82) is 0 Å². The molecule has 5 heteroatoms. The molecule has 92 valence electrons. The van der Waals surface area contributed by atoms with Gasteiger partial charge in [-0.1, -0.05) is 29.8 Å². The highest BCUT2D eigenvalue weighted by atomic mass is 19.1. The maximum absolute atomic E-state index is 14.0. The average molecular weight is 248 g/mol. The van der Waals surface area contributed by atoms with Gasteiger partial charge in [0, 0.05) is 5.56 Å². The van der Waals surface area contributed by atoms with E-state index in [0.29, 0.717) is 5.56 Å². The van der Waals surface area contributed by atoms with Gasteiger partial charge in [0.2, 0.25) is 0 Å². The van der Waals surface area contributed by atoms with Crippen LogP contribution in [0.5, 0.6) is 0 Å². The Balaban J connectivity index is 2.63. The lowest BCUT2D eigenvalue weighted by Gasteiger charge is -2.09. The number of benzene rings is 2. The van der Waals surface area contributed by atoms with Gasteiger partial charge in [-0.3, -0.25) is 0 Å². The predicted octanol–water partition coefficient (Wildman–Crippen LogP) is 1.62. The van der Waals surface area contributed by atoms with E-state index < -0.39 is 24.2 Å². The molecule has 0 bridgehead atoms. The number of hydrogen-bond donors (Lipinski definition) is 2. The summed E-state index contributed by atoms with van der Waals surface area (Å²) in [5.41, 5.74) is 0.911. The Hall–Kier alpha value is -1.72. The highest BCUT2D eigenvalue weighted by Gasteiger charge is 2.24. The predicted molar refractivity (Wildman–Crippen MR) is 66.4 cm³/mol. The lowest BCUT2D eigenvalue weighted by molar-refractivity contribution is 0.419. The maximum Gasteiger partial charge on any atom is 0.494 e. The molecule has 0 atom stereocenters. The maximum atomic E-state index is 14.0. The normalized spacial score (nSPS) is 10.5. The molecule has 0 fully saturated rings. The van der Waals surface area contributed by atoms with Crippen LogP contribution in [0.3, 0.4) is 0 Å². The van der Waals surface area contributed by atoms with Crippen molar-refractivity contribution in [2.75, 3.05) is 0 Å². The largest absolute Gasteiger partial charge is 0.494 e. The van der Waals surface area contributed by atoms with Gasteiger partial charge >= 0.3 is 7.12 Å². The van der Waals surface area contributed by atoms with Gasteiger partial charge in [-0.25, -0.2) is 8.78 Å². The number of halogens is 2. The van der Waals surface area contributed by atoms with Crippen molar-refractivity contribution < 1.29 is 18.8 Å². The van der Waals surface area contributed by atoms with Crippen LogP contribution in [0.1, 0.15) is 5.56 Å². The summed E-state index contributed by atoms with van der Waals surface area (Å²) < 4.78 is 27.4. The summed E-state index contributed by atoms with van der Waals surface area (Å²) in [6.45, 7) is 1.85. The lowest BCUT2D eigenvalue weighted by atomic mass is 9.78. The summed E-state index contributed by atoms with van der Waals surface area (Å²) in [6.07, 6.45) is 0. The zero-order chi connectivity index (χ0) is 13.3. The van der Waals surface area contributed by atoms with Crippen molar-refractivity contribution in [3.8, 4) is 11.1 Å². The van der Waals surface area contributed by atoms with Crippen LogP contribution in [-0.2, 0) is 0 Å². The quantitative estimate of drug-likeness (QED) is 0.793. The number of hydrogen-bond acceptors (Lipinski definition) is 2. The van der Waals surface area contributed by atoms with Crippen molar-refractivity contribution in [1.82, 2.24) is 0 Å². The second-order valence-electron chi connectivity index (χ2n) is 4.07. The highest BCUT2D eigenvalue weighted by molar-refractivity contribution is 6.59. The van der Waals surface area contributed by atoms with Crippen molar-refractivity contribution in [2.45, 2.75) is 6.92 Å². The monoisotopic (exact) mass is 248 g/mol. The van der Waals surface area contributed by atoms with Gasteiger partial charge < -0.3 is 10.0 Å². The Morgan fingerprint density at radius 1 is 1.06 bits per heavy atom. The van der Waals surface area contributed by atoms with Crippen LogP contribution in [0.25, 0.3) is 11.1 Å². The topological polar surface area (TPSA) is 40.5 Å². The lowest BCUT2D eigenvalue weighted by Crippen LogP contribution is -2.36. The first-order valence-corrected chi connectivity index (χ1v) is 5.42. The van der Waals surface area contributed by atoms with Crippen molar-refractivity contribution in [2.24, 2.45) is 0 Å². The minimum absolute atomic E-state index is 0.142. The SMILES string of the molecule is Cc1cccc(-c2ccc(F)c(B(O)O)c2F)c1. The molecule has 0 aliphatic heterocycles. The van der Waals surface area contributed by atoms with Crippen molar-refractivity contribution in [3.63, 3.8) is 0 Å². The van der Waals surface area contributed by atoms with Crippen LogP contribution in [0.2, 0.25) is 0 Å². The van der Waals surface area contributed by atoms with Gasteiger partial charge in [0.05, 0.1) is 5.46 Å². The molecular formula is C13H11BF2O2. The van der Waals surface area contributed by atoms with Crippen LogP contribution in [-0.4, -0.2) is 17.2 Å². The Morgan fingerprint density at radius 2 is 1.78 bits per heavy atom. The van der Waals surface area contributed by atoms with Gasteiger partial charge in [0.1, 0.15) is 11.6 Å². The van der Waals surface area contributed by atoms with Crippen LogP contribution in [0.15, 0.2) is 36.4 Å². The van der Waals surface area contributed by atoms with E-state index in [0.717, 1.165) is 11.6 Å². The average Bonchev–Trinajstić information content (AvgIpc) is 2.28. The second kappa shape index (κ2) is 4.88. The molecule has 2 aromatic carbocycles. The van der Waals surface area contributed by atoms with Gasteiger partial charge in [-0.05, 0) is 24.6 Å². The first-order chi connectivity index (χ1) is 8.50. The van der Waals surface area contributed by atoms with Gasteiger partial charge in [-0.15, -0.1) is 0 Å². The molecule has 0 saturated heterocycles. The first kappa shape index (κ1) is 12.7. The Bertz CT molecular complexity index is 585. The first-order valence-electron chi connectivity index (χ1n) is 5.42. The molecule has 0 aliphatic carbocycles. The van der Waals surface area contributed by atoms with Crippen LogP contribution >= 0.6 is 0 Å². The fraction of sp³-hybridized carbons (Fsp3) is 0.0769. The van der Waals surface area contributed by atoms with Gasteiger partial charge in [0.25, 0.3) is 0 Å². The van der Waals surface area contributed by atoms with E-state index in [1.165, 1.54) is 6.07 Å². The molecular weight excluding hydrogens is 237 g/mol. The molecule has 0 heterocycles. The summed E-state index contributed by atoms with van der Waals surface area (Å²) in [6, 6.07) is 9.33. The summed E-state index contributed by atoms with van der Waals surface area (Å²) in [7, 11) is -2.17. The molecule has 0 aromatic heterocycles. The summed E-state index contributed by atoms with van der Waals surface area (Å²) >= 11 is 0. The third kappa shape index (κ3) is 2.28. The molecule has 2 rings (SSSR count). The second-order valence-corrected chi connectivity index (χ2v) is 4.07. The Labute approximate surface area is 104 Å². The Morgan fingerprint density at radius 3 is 2.39 bits per heavy atom. The van der Waals surface area contributed by atoms with E-state index in [1.807, 2.05) is 13.0 Å². The fourth-order valence-corrected chi connectivity index (χ4v) is 1.84. The van der Waals surface area contributed by atoms with Crippen molar-refractivity contribution in [3.05, 3.63) is 53.6 Å². The standard InChI is InChI=1S/C13H11BF2O2/c1-8-3-2-4-9(7-8)10-5-6-11(15)12(13(10)16)14(17)18/h2-7,17-18H,1H3. The zero-order valence-corrected chi connectivity index (χ0v) is 9.69. The third-order valence-corrected chi connectivity index (χ3v) is 2.71. The highest BCUT2D eigenvalue weighted by Crippen LogP contribution is 2.23. The molecule has 0 aliphatic rings. The molecule has 0 radical (unpaired) electrons.